The first-order valence-electron chi connectivity index (χ1n) is 13.7. The van der Waals surface area contributed by atoms with Crippen LogP contribution >= 0.6 is 0 Å². The van der Waals surface area contributed by atoms with Gasteiger partial charge in [0, 0.05) is 53.5 Å². The van der Waals surface area contributed by atoms with Crippen molar-refractivity contribution >= 4 is 51.5 Å². The molecule has 0 saturated carbocycles. The summed E-state index contributed by atoms with van der Waals surface area (Å²) in [5.74, 6) is -4.50. The molecule has 2 aromatic carbocycles. The second-order valence-electron chi connectivity index (χ2n) is 10.4. The number of hydrogen-bond donors (Lipinski definition) is 8. The fourth-order valence-corrected chi connectivity index (χ4v) is 4.80. The standard InChI is InChI=1S/C30H34N6O7/c1-16(30(42)43)34-28(40)24(12-17-14-32-22-8-4-2-6-19(17)22)36-29(41)25(35-27(39)21(31)10-11-26(37)38)13-18-15-33-23-9-5-3-7-20(18)23/h2-9,14-16,21,24-25,32-33H,10-13,31H2,1H3,(H,34,40)(H,35,39)(H,36,41)(H,37,38)(H,42,43). The molecule has 3 amide bonds. The number of H-pyrrole nitrogens is 2. The molecule has 0 bridgehead atoms. The predicted octanol–water partition coefficient (Wildman–Crippen LogP) is 1.19. The smallest absolute Gasteiger partial charge is 0.325 e. The lowest BCUT2D eigenvalue weighted by molar-refractivity contribution is -0.142. The lowest BCUT2D eigenvalue weighted by Gasteiger charge is -2.25. The van der Waals surface area contributed by atoms with Crippen LogP contribution in [0.5, 0.6) is 0 Å². The maximum absolute atomic E-state index is 13.8. The van der Waals surface area contributed by atoms with Gasteiger partial charge in [-0.1, -0.05) is 36.4 Å². The predicted molar refractivity (Wildman–Crippen MR) is 158 cm³/mol. The van der Waals surface area contributed by atoms with Gasteiger partial charge in [-0.15, -0.1) is 0 Å². The summed E-state index contributed by atoms with van der Waals surface area (Å²) in [5.41, 5.74) is 8.99. The van der Waals surface area contributed by atoms with Crippen LogP contribution in [0.25, 0.3) is 21.8 Å². The second-order valence-corrected chi connectivity index (χ2v) is 10.4. The topological polar surface area (TPSA) is 219 Å². The van der Waals surface area contributed by atoms with Crippen LogP contribution in [0.1, 0.15) is 30.9 Å². The number of carboxylic acid groups (broad SMARTS) is 2. The Morgan fingerprint density at radius 1 is 0.744 bits per heavy atom. The van der Waals surface area contributed by atoms with E-state index in [9.17, 15) is 29.1 Å². The van der Waals surface area contributed by atoms with Crippen molar-refractivity contribution in [3.8, 4) is 0 Å². The van der Waals surface area contributed by atoms with E-state index in [2.05, 4.69) is 25.9 Å². The molecule has 43 heavy (non-hydrogen) atoms. The molecule has 226 valence electrons. The summed E-state index contributed by atoms with van der Waals surface area (Å²) in [5, 5.41) is 27.7. The molecule has 4 unspecified atom stereocenters. The van der Waals surface area contributed by atoms with Crippen LogP contribution in [-0.4, -0.2) is 74.0 Å². The van der Waals surface area contributed by atoms with Crippen molar-refractivity contribution in [3.05, 3.63) is 72.1 Å². The van der Waals surface area contributed by atoms with E-state index in [1.165, 1.54) is 6.92 Å². The van der Waals surface area contributed by atoms with E-state index in [4.69, 9.17) is 10.8 Å². The molecule has 2 heterocycles. The lowest BCUT2D eigenvalue weighted by atomic mass is 10.0. The van der Waals surface area contributed by atoms with Crippen molar-refractivity contribution in [2.24, 2.45) is 5.73 Å². The summed E-state index contributed by atoms with van der Waals surface area (Å²) in [6.07, 6.45) is 3.01. The summed E-state index contributed by atoms with van der Waals surface area (Å²) in [6, 6.07) is 10.0. The second kappa shape index (κ2) is 13.7. The number of benzene rings is 2. The van der Waals surface area contributed by atoms with Crippen LogP contribution in [0.3, 0.4) is 0 Å². The number of aromatic nitrogens is 2. The van der Waals surface area contributed by atoms with Crippen LogP contribution in [0.15, 0.2) is 60.9 Å². The zero-order valence-corrected chi connectivity index (χ0v) is 23.4. The Balaban J connectivity index is 1.61. The molecule has 4 atom stereocenters. The summed E-state index contributed by atoms with van der Waals surface area (Å²) in [7, 11) is 0. The summed E-state index contributed by atoms with van der Waals surface area (Å²) >= 11 is 0. The maximum atomic E-state index is 13.8. The quantitative estimate of drug-likeness (QED) is 0.106. The summed E-state index contributed by atoms with van der Waals surface area (Å²) in [6.45, 7) is 1.31. The van der Waals surface area contributed by atoms with Gasteiger partial charge in [0.2, 0.25) is 17.7 Å². The van der Waals surface area contributed by atoms with Gasteiger partial charge in [-0.25, -0.2) is 0 Å². The van der Waals surface area contributed by atoms with Crippen molar-refractivity contribution < 1.29 is 34.2 Å². The van der Waals surface area contributed by atoms with Gasteiger partial charge in [0.05, 0.1) is 6.04 Å². The van der Waals surface area contributed by atoms with E-state index in [0.29, 0.717) is 11.1 Å². The molecule has 13 nitrogen and oxygen atoms in total. The zero-order valence-electron chi connectivity index (χ0n) is 23.4. The van der Waals surface area contributed by atoms with Gasteiger partial charge < -0.3 is 41.9 Å². The van der Waals surface area contributed by atoms with Crippen molar-refractivity contribution in [1.29, 1.82) is 0 Å². The molecule has 0 aliphatic carbocycles. The van der Waals surface area contributed by atoms with Gasteiger partial charge in [-0.2, -0.15) is 0 Å². The Kier molecular flexibility index (Phi) is 9.78. The minimum Gasteiger partial charge on any atom is -0.481 e. The Hall–Kier alpha value is -5.17. The van der Waals surface area contributed by atoms with E-state index in [0.717, 1.165) is 21.8 Å². The molecule has 2 aromatic heterocycles. The van der Waals surface area contributed by atoms with Gasteiger partial charge in [-0.05, 0) is 36.6 Å². The van der Waals surface area contributed by atoms with Crippen molar-refractivity contribution in [3.63, 3.8) is 0 Å². The Bertz CT molecular complexity index is 1640. The van der Waals surface area contributed by atoms with Crippen LogP contribution in [0.4, 0.5) is 0 Å². The average molecular weight is 591 g/mol. The third-order valence-electron chi connectivity index (χ3n) is 7.20. The van der Waals surface area contributed by atoms with E-state index < -0.39 is 53.8 Å². The highest BCUT2D eigenvalue weighted by molar-refractivity contribution is 5.95. The van der Waals surface area contributed by atoms with Crippen molar-refractivity contribution in [1.82, 2.24) is 25.9 Å². The molecule has 0 fully saturated rings. The highest BCUT2D eigenvalue weighted by Crippen LogP contribution is 2.21. The molecule has 0 saturated heterocycles. The van der Waals surface area contributed by atoms with Gasteiger partial charge in [0.1, 0.15) is 18.1 Å². The van der Waals surface area contributed by atoms with Gasteiger partial charge in [-0.3, -0.25) is 24.0 Å². The fraction of sp³-hybridized carbons (Fsp3) is 0.300. The number of carboxylic acids is 2. The van der Waals surface area contributed by atoms with E-state index in [1.54, 1.807) is 12.4 Å². The first kappa shape index (κ1) is 30.8. The molecule has 4 rings (SSSR count). The van der Waals surface area contributed by atoms with Crippen LogP contribution < -0.4 is 21.7 Å². The number of aromatic amines is 2. The fourth-order valence-electron chi connectivity index (χ4n) is 4.80. The average Bonchev–Trinajstić information content (AvgIpc) is 3.59. The first-order valence-corrected chi connectivity index (χ1v) is 13.7. The minimum absolute atomic E-state index is 0.0276. The molecule has 0 radical (unpaired) electrons. The third kappa shape index (κ3) is 7.77. The maximum Gasteiger partial charge on any atom is 0.325 e. The number of rotatable bonds is 14. The number of nitrogens with one attached hydrogen (secondary N) is 5. The number of hydrogen-bond acceptors (Lipinski definition) is 6. The zero-order chi connectivity index (χ0) is 31.1. The lowest BCUT2D eigenvalue weighted by Crippen LogP contribution is -2.58. The van der Waals surface area contributed by atoms with Crippen LogP contribution in [0.2, 0.25) is 0 Å². The number of carbonyl (C=O) groups is 5. The Morgan fingerprint density at radius 3 is 1.70 bits per heavy atom. The number of carbonyl (C=O) groups excluding carboxylic acids is 3. The first-order chi connectivity index (χ1) is 20.5. The summed E-state index contributed by atoms with van der Waals surface area (Å²) in [4.78, 5) is 68.7. The monoisotopic (exact) mass is 590 g/mol. The minimum atomic E-state index is -1.25. The van der Waals surface area contributed by atoms with E-state index >= 15 is 0 Å². The summed E-state index contributed by atoms with van der Waals surface area (Å²) < 4.78 is 0. The van der Waals surface area contributed by atoms with Crippen molar-refractivity contribution in [2.45, 2.75) is 56.8 Å². The van der Waals surface area contributed by atoms with Crippen LogP contribution in [0, 0.1) is 0 Å². The molecule has 4 aromatic rings. The molecule has 13 heteroatoms. The third-order valence-corrected chi connectivity index (χ3v) is 7.20. The number of nitrogens with two attached hydrogens (primary N) is 1. The number of fused-ring (bicyclic) bond motifs is 2. The van der Waals surface area contributed by atoms with E-state index in [1.807, 2.05) is 48.5 Å². The van der Waals surface area contributed by atoms with Gasteiger partial charge in [0.25, 0.3) is 0 Å². The Labute approximate surface area is 246 Å². The number of amides is 3. The van der Waals surface area contributed by atoms with E-state index in [-0.39, 0.29) is 25.7 Å². The molecule has 0 aliphatic rings. The van der Waals surface area contributed by atoms with Gasteiger partial charge >= 0.3 is 11.9 Å². The number of aliphatic carboxylic acids is 2. The van der Waals surface area contributed by atoms with Crippen LogP contribution in [-0.2, 0) is 36.8 Å². The molecule has 0 spiro atoms. The largest absolute Gasteiger partial charge is 0.481 e. The van der Waals surface area contributed by atoms with Crippen molar-refractivity contribution in [2.75, 3.05) is 0 Å². The molecular weight excluding hydrogens is 556 g/mol. The normalized spacial score (nSPS) is 14.0. The Morgan fingerprint density at radius 2 is 1.21 bits per heavy atom. The molecular formula is C30H34N6O7. The highest BCUT2D eigenvalue weighted by atomic mass is 16.4. The highest BCUT2D eigenvalue weighted by Gasteiger charge is 2.31. The van der Waals surface area contributed by atoms with Gasteiger partial charge in [0.15, 0.2) is 0 Å². The number of para-hydroxylation sites is 2. The molecule has 0 aliphatic heterocycles. The SMILES string of the molecule is CC(NC(=O)C(Cc1c[nH]c2ccccc12)NC(=O)C(Cc1c[nH]c2ccccc12)NC(=O)C(N)CCC(=O)O)C(=O)O. The molecule has 9 N–H and O–H groups in total.